The molecule has 7 nitrogen and oxygen atoms in total. The van der Waals surface area contributed by atoms with Crippen molar-refractivity contribution < 1.29 is 9.26 Å². The van der Waals surface area contributed by atoms with E-state index in [1.807, 2.05) is 12.1 Å². The van der Waals surface area contributed by atoms with Crippen molar-refractivity contribution >= 4 is 41.5 Å². The predicted octanol–water partition coefficient (Wildman–Crippen LogP) is 3.88. The van der Waals surface area contributed by atoms with Gasteiger partial charge in [0.1, 0.15) is 0 Å². The SMILES string of the molecule is CCCCOCCCNC(=NC)NCc1nc(-c2cccc(Cl)c2)no1.I. The molecule has 0 saturated carbocycles. The first-order valence-corrected chi connectivity index (χ1v) is 9.21. The molecule has 0 saturated heterocycles. The minimum atomic E-state index is 0. The Labute approximate surface area is 182 Å². The largest absolute Gasteiger partial charge is 0.381 e. The van der Waals surface area contributed by atoms with Gasteiger partial charge >= 0.3 is 0 Å². The third-order valence-electron chi connectivity index (χ3n) is 3.58. The fourth-order valence-electron chi connectivity index (χ4n) is 2.18. The smallest absolute Gasteiger partial charge is 0.246 e. The fraction of sp³-hybridized carbons (Fsp3) is 0.500. The lowest BCUT2D eigenvalue weighted by Gasteiger charge is -2.10. The predicted molar refractivity (Wildman–Crippen MR) is 119 cm³/mol. The van der Waals surface area contributed by atoms with Crippen LogP contribution in [0.1, 0.15) is 32.1 Å². The van der Waals surface area contributed by atoms with E-state index in [2.05, 4.69) is 32.7 Å². The van der Waals surface area contributed by atoms with Gasteiger partial charge in [-0.05, 0) is 25.0 Å². The van der Waals surface area contributed by atoms with Gasteiger partial charge in [-0.15, -0.1) is 24.0 Å². The summed E-state index contributed by atoms with van der Waals surface area (Å²) in [5, 5.41) is 11.0. The van der Waals surface area contributed by atoms with Crippen LogP contribution >= 0.6 is 35.6 Å². The number of halogens is 2. The number of ether oxygens (including phenoxy) is 1. The molecule has 0 aliphatic rings. The van der Waals surface area contributed by atoms with E-state index in [9.17, 15) is 0 Å². The van der Waals surface area contributed by atoms with E-state index in [0.717, 1.165) is 44.6 Å². The van der Waals surface area contributed by atoms with Crippen LogP contribution in [-0.4, -0.2) is 42.9 Å². The highest BCUT2D eigenvalue weighted by Crippen LogP contribution is 2.19. The zero-order valence-electron chi connectivity index (χ0n) is 15.7. The lowest BCUT2D eigenvalue weighted by molar-refractivity contribution is 0.129. The molecule has 0 fully saturated rings. The Bertz CT molecular complexity index is 696. The zero-order chi connectivity index (χ0) is 18.6. The molecule has 2 N–H and O–H groups in total. The fourth-order valence-corrected chi connectivity index (χ4v) is 2.37. The molecule has 0 spiro atoms. The van der Waals surface area contributed by atoms with Gasteiger partial charge in [-0.2, -0.15) is 4.98 Å². The molecule has 0 atom stereocenters. The van der Waals surface area contributed by atoms with Crippen LogP contribution in [0.3, 0.4) is 0 Å². The number of guanidine groups is 1. The minimum absolute atomic E-state index is 0. The molecule has 27 heavy (non-hydrogen) atoms. The van der Waals surface area contributed by atoms with E-state index in [4.69, 9.17) is 20.9 Å². The molecule has 0 bridgehead atoms. The molecule has 0 amide bonds. The molecule has 1 aromatic carbocycles. The average molecular weight is 508 g/mol. The van der Waals surface area contributed by atoms with Crippen LogP contribution in [0.4, 0.5) is 0 Å². The van der Waals surface area contributed by atoms with Crippen molar-refractivity contribution in [3.05, 3.63) is 35.2 Å². The van der Waals surface area contributed by atoms with Crippen molar-refractivity contribution in [2.24, 2.45) is 4.99 Å². The summed E-state index contributed by atoms with van der Waals surface area (Å²) in [6.07, 6.45) is 3.19. The second-order valence-corrected chi connectivity index (χ2v) is 6.13. The van der Waals surface area contributed by atoms with Crippen molar-refractivity contribution in [2.75, 3.05) is 26.8 Å². The van der Waals surface area contributed by atoms with Crippen molar-refractivity contribution in [3.8, 4) is 11.4 Å². The number of benzene rings is 1. The third-order valence-corrected chi connectivity index (χ3v) is 3.82. The van der Waals surface area contributed by atoms with Gasteiger partial charge in [-0.25, -0.2) is 0 Å². The summed E-state index contributed by atoms with van der Waals surface area (Å²) in [4.78, 5) is 8.54. The second kappa shape index (κ2) is 13.7. The van der Waals surface area contributed by atoms with Gasteiger partial charge in [0, 0.05) is 37.4 Å². The van der Waals surface area contributed by atoms with Crippen LogP contribution in [0, 0.1) is 0 Å². The number of aliphatic imine (C=N–C) groups is 1. The van der Waals surface area contributed by atoms with Crippen molar-refractivity contribution in [3.63, 3.8) is 0 Å². The molecule has 0 unspecified atom stereocenters. The number of nitrogens with zero attached hydrogens (tertiary/aromatic N) is 3. The Morgan fingerprint density at radius 2 is 2.07 bits per heavy atom. The maximum atomic E-state index is 5.99. The standard InChI is InChI=1S/C18H26ClN5O2.HI/c1-3-4-10-25-11-6-9-21-18(20-2)22-13-16-23-17(24-26-16)14-7-5-8-15(19)12-14;/h5,7-8,12H,3-4,6,9-11,13H2,1-2H3,(H2,20,21,22);1H. The molecular formula is C18H27ClIN5O2. The van der Waals surface area contributed by atoms with E-state index in [0.29, 0.717) is 29.2 Å². The van der Waals surface area contributed by atoms with E-state index in [1.165, 1.54) is 0 Å². The summed E-state index contributed by atoms with van der Waals surface area (Å²) in [6, 6.07) is 7.34. The third kappa shape index (κ3) is 8.89. The van der Waals surface area contributed by atoms with Crippen LogP contribution < -0.4 is 10.6 Å². The Hall–Kier alpha value is -1.39. The summed E-state index contributed by atoms with van der Waals surface area (Å²) in [7, 11) is 1.72. The maximum absolute atomic E-state index is 5.99. The monoisotopic (exact) mass is 507 g/mol. The molecule has 9 heteroatoms. The number of hydrogen-bond acceptors (Lipinski definition) is 5. The van der Waals surface area contributed by atoms with Crippen LogP contribution in [0.2, 0.25) is 5.02 Å². The van der Waals surface area contributed by atoms with Crippen LogP contribution in [0.15, 0.2) is 33.8 Å². The number of unbranched alkanes of at least 4 members (excludes halogenated alkanes) is 1. The summed E-state index contributed by atoms with van der Waals surface area (Å²) in [5.74, 6) is 1.67. The first-order chi connectivity index (χ1) is 12.7. The van der Waals surface area contributed by atoms with Gasteiger partial charge in [-0.3, -0.25) is 4.99 Å². The van der Waals surface area contributed by atoms with Gasteiger partial charge in [0.25, 0.3) is 0 Å². The van der Waals surface area contributed by atoms with Gasteiger partial charge in [0.15, 0.2) is 5.96 Å². The highest BCUT2D eigenvalue weighted by Gasteiger charge is 2.09. The molecule has 0 aliphatic carbocycles. The first-order valence-electron chi connectivity index (χ1n) is 8.83. The Balaban J connectivity index is 0.00000364. The van der Waals surface area contributed by atoms with Crippen LogP contribution in [0.25, 0.3) is 11.4 Å². The molecule has 2 aromatic rings. The number of aromatic nitrogens is 2. The van der Waals surface area contributed by atoms with Gasteiger partial charge in [-0.1, -0.05) is 42.2 Å². The van der Waals surface area contributed by atoms with E-state index in [-0.39, 0.29) is 24.0 Å². The molecular weight excluding hydrogens is 481 g/mol. The van der Waals surface area contributed by atoms with Crippen LogP contribution in [-0.2, 0) is 11.3 Å². The van der Waals surface area contributed by atoms with Crippen molar-refractivity contribution in [2.45, 2.75) is 32.7 Å². The Kier molecular flexibility index (Phi) is 12.0. The summed E-state index contributed by atoms with van der Waals surface area (Å²) in [6.45, 7) is 4.90. The molecule has 1 aromatic heterocycles. The van der Waals surface area contributed by atoms with Gasteiger partial charge < -0.3 is 19.9 Å². The van der Waals surface area contributed by atoms with E-state index >= 15 is 0 Å². The number of nitrogens with one attached hydrogen (secondary N) is 2. The van der Waals surface area contributed by atoms with E-state index < -0.39 is 0 Å². The molecule has 0 radical (unpaired) electrons. The quantitative estimate of drug-likeness (QED) is 0.220. The highest BCUT2D eigenvalue weighted by atomic mass is 127. The van der Waals surface area contributed by atoms with E-state index in [1.54, 1.807) is 19.2 Å². The maximum Gasteiger partial charge on any atom is 0.246 e. The lowest BCUT2D eigenvalue weighted by atomic mass is 10.2. The van der Waals surface area contributed by atoms with Gasteiger partial charge in [0.2, 0.25) is 11.7 Å². The second-order valence-electron chi connectivity index (χ2n) is 5.69. The number of hydrogen-bond donors (Lipinski definition) is 2. The normalized spacial score (nSPS) is 11.1. The summed E-state index contributed by atoms with van der Waals surface area (Å²) in [5.41, 5.74) is 0.818. The summed E-state index contributed by atoms with van der Waals surface area (Å²) < 4.78 is 10.8. The molecule has 2 rings (SSSR count). The molecule has 1 heterocycles. The summed E-state index contributed by atoms with van der Waals surface area (Å²) >= 11 is 5.99. The Morgan fingerprint density at radius 3 is 2.81 bits per heavy atom. The topological polar surface area (TPSA) is 84.6 Å². The van der Waals surface area contributed by atoms with Gasteiger partial charge in [0.05, 0.1) is 6.54 Å². The zero-order valence-corrected chi connectivity index (χ0v) is 18.8. The van der Waals surface area contributed by atoms with Crippen molar-refractivity contribution in [1.82, 2.24) is 20.8 Å². The highest BCUT2D eigenvalue weighted by molar-refractivity contribution is 14.0. The first kappa shape index (κ1) is 23.6. The number of rotatable bonds is 10. The van der Waals surface area contributed by atoms with Crippen LogP contribution in [0.5, 0.6) is 0 Å². The van der Waals surface area contributed by atoms with Crippen molar-refractivity contribution in [1.29, 1.82) is 0 Å². The minimum Gasteiger partial charge on any atom is -0.381 e. The lowest BCUT2D eigenvalue weighted by Crippen LogP contribution is -2.37. The molecule has 0 aliphatic heterocycles. The molecule has 150 valence electrons. The Morgan fingerprint density at radius 1 is 1.26 bits per heavy atom. The average Bonchev–Trinajstić information content (AvgIpc) is 3.12.